The lowest BCUT2D eigenvalue weighted by molar-refractivity contribution is -0.121. The molecule has 2 N–H and O–H groups in total. The van der Waals surface area contributed by atoms with Crippen molar-refractivity contribution in [1.82, 2.24) is 15.5 Å². The third-order valence-electron chi connectivity index (χ3n) is 4.02. The molecule has 1 aromatic carbocycles. The average molecular weight is 378 g/mol. The van der Waals surface area contributed by atoms with Crippen LogP contribution < -0.4 is 10.6 Å². The number of guanidine groups is 1. The molecular formula is C20H31FN4O2. The fraction of sp³-hybridized carbons (Fsp3) is 0.600. The normalized spacial score (nSPS) is 21.1. The first-order chi connectivity index (χ1) is 12.7. The van der Waals surface area contributed by atoms with Crippen LogP contribution in [0.3, 0.4) is 0 Å². The maximum absolute atomic E-state index is 13.2. The number of hydrogen-bond acceptors (Lipinski definition) is 3. The van der Waals surface area contributed by atoms with E-state index in [0.29, 0.717) is 25.6 Å². The van der Waals surface area contributed by atoms with Crippen LogP contribution in [0.15, 0.2) is 29.3 Å². The van der Waals surface area contributed by atoms with E-state index in [1.165, 1.54) is 12.1 Å². The topological polar surface area (TPSA) is 66.0 Å². The number of morpholine rings is 1. The molecule has 0 aromatic heterocycles. The third-order valence-corrected chi connectivity index (χ3v) is 4.02. The van der Waals surface area contributed by atoms with E-state index in [0.717, 1.165) is 5.56 Å². The molecule has 1 fully saturated rings. The number of hydrogen-bond donors (Lipinski definition) is 2. The van der Waals surface area contributed by atoms with Gasteiger partial charge in [-0.15, -0.1) is 0 Å². The summed E-state index contributed by atoms with van der Waals surface area (Å²) in [6.45, 7) is 11.8. The molecule has 2 rings (SSSR count). The zero-order valence-electron chi connectivity index (χ0n) is 16.9. The average Bonchev–Trinajstić information content (AvgIpc) is 2.57. The number of rotatable bonds is 4. The van der Waals surface area contributed by atoms with Gasteiger partial charge in [0.15, 0.2) is 5.96 Å². The van der Waals surface area contributed by atoms with Crippen molar-refractivity contribution in [2.45, 2.75) is 52.4 Å². The van der Waals surface area contributed by atoms with Crippen LogP contribution in [0.4, 0.5) is 4.39 Å². The number of aliphatic imine (C=N–C) groups is 1. The number of benzene rings is 1. The second-order valence-electron chi connectivity index (χ2n) is 7.86. The summed E-state index contributed by atoms with van der Waals surface area (Å²) < 4.78 is 19.2. The van der Waals surface area contributed by atoms with Crippen LogP contribution in [-0.4, -0.2) is 54.6 Å². The molecule has 1 aromatic rings. The molecule has 0 radical (unpaired) electrons. The highest BCUT2D eigenvalue weighted by Gasteiger charge is 2.28. The summed E-state index contributed by atoms with van der Waals surface area (Å²) in [4.78, 5) is 18.7. The maximum atomic E-state index is 13.2. The van der Waals surface area contributed by atoms with Crippen LogP contribution in [0.25, 0.3) is 0 Å². The maximum Gasteiger partial charge on any atom is 0.242 e. The van der Waals surface area contributed by atoms with E-state index < -0.39 is 0 Å². The Hall–Kier alpha value is -2.15. The second kappa shape index (κ2) is 9.17. The van der Waals surface area contributed by atoms with Gasteiger partial charge in [-0.1, -0.05) is 12.1 Å². The smallest absolute Gasteiger partial charge is 0.242 e. The molecule has 1 amide bonds. The van der Waals surface area contributed by atoms with E-state index in [2.05, 4.69) is 20.5 Å². The highest BCUT2D eigenvalue weighted by molar-refractivity contribution is 5.85. The van der Waals surface area contributed by atoms with Crippen molar-refractivity contribution < 1.29 is 13.9 Å². The van der Waals surface area contributed by atoms with E-state index in [1.807, 2.05) is 34.6 Å². The van der Waals surface area contributed by atoms with Crippen LogP contribution in [0, 0.1) is 5.82 Å². The van der Waals surface area contributed by atoms with Gasteiger partial charge >= 0.3 is 0 Å². The van der Waals surface area contributed by atoms with Crippen LogP contribution in [0.2, 0.25) is 0 Å². The Labute approximate surface area is 161 Å². The Balaban J connectivity index is 2.11. The largest absolute Gasteiger partial charge is 0.367 e. The number of halogens is 1. The molecule has 150 valence electrons. The van der Waals surface area contributed by atoms with Gasteiger partial charge in [0.1, 0.15) is 18.5 Å². The van der Waals surface area contributed by atoms with Gasteiger partial charge in [-0.2, -0.15) is 0 Å². The Morgan fingerprint density at radius 1 is 1.30 bits per heavy atom. The van der Waals surface area contributed by atoms with Crippen molar-refractivity contribution in [3.63, 3.8) is 0 Å². The zero-order valence-corrected chi connectivity index (χ0v) is 16.9. The predicted octanol–water partition coefficient (Wildman–Crippen LogP) is 2.47. The molecule has 1 heterocycles. The van der Waals surface area contributed by atoms with Gasteiger partial charge in [0.05, 0.1) is 12.6 Å². The SMILES string of the molecule is CCNC(=NCC(=O)NC(C)(C)C)N1CC(C)OC(c2ccc(F)cc2)C1. The molecule has 0 bridgehead atoms. The molecule has 1 saturated heterocycles. The van der Waals surface area contributed by atoms with Gasteiger partial charge in [-0.3, -0.25) is 4.79 Å². The lowest BCUT2D eigenvalue weighted by Crippen LogP contribution is -2.51. The molecule has 7 heteroatoms. The molecule has 6 nitrogen and oxygen atoms in total. The lowest BCUT2D eigenvalue weighted by Gasteiger charge is -2.38. The zero-order chi connectivity index (χ0) is 20.0. The minimum Gasteiger partial charge on any atom is -0.367 e. The fourth-order valence-electron chi connectivity index (χ4n) is 3.02. The van der Waals surface area contributed by atoms with E-state index >= 15 is 0 Å². The molecule has 1 aliphatic heterocycles. The van der Waals surface area contributed by atoms with Crippen LogP contribution >= 0.6 is 0 Å². The van der Waals surface area contributed by atoms with Crippen molar-refractivity contribution >= 4 is 11.9 Å². The second-order valence-corrected chi connectivity index (χ2v) is 7.86. The summed E-state index contributed by atoms with van der Waals surface area (Å²) in [5.74, 6) is 0.303. The number of nitrogens with one attached hydrogen (secondary N) is 2. The summed E-state index contributed by atoms with van der Waals surface area (Å²) in [5, 5.41) is 6.17. The summed E-state index contributed by atoms with van der Waals surface area (Å²) in [6, 6.07) is 6.38. The standard InChI is InChI=1S/C20H31FN4O2/c1-6-22-19(23-11-18(26)24-20(3,4)5)25-12-14(2)27-17(13-25)15-7-9-16(21)10-8-15/h7-10,14,17H,6,11-13H2,1-5H3,(H,22,23)(H,24,26). The molecule has 0 aliphatic carbocycles. The van der Waals surface area contributed by atoms with Crippen LogP contribution in [0.5, 0.6) is 0 Å². The first-order valence-corrected chi connectivity index (χ1v) is 9.43. The molecule has 27 heavy (non-hydrogen) atoms. The number of amides is 1. The van der Waals surface area contributed by atoms with Crippen molar-refractivity contribution in [3.8, 4) is 0 Å². The Bertz CT molecular complexity index is 655. The number of ether oxygens (including phenoxy) is 1. The van der Waals surface area contributed by atoms with E-state index in [4.69, 9.17) is 4.74 Å². The monoisotopic (exact) mass is 378 g/mol. The quantitative estimate of drug-likeness (QED) is 0.624. The molecular weight excluding hydrogens is 347 g/mol. The molecule has 2 atom stereocenters. The van der Waals surface area contributed by atoms with Gasteiger partial charge in [-0.25, -0.2) is 9.38 Å². The van der Waals surface area contributed by atoms with E-state index in [1.54, 1.807) is 12.1 Å². The first kappa shape index (κ1) is 21.2. The van der Waals surface area contributed by atoms with Crippen LogP contribution in [-0.2, 0) is 9.53 Å². The lowest BCUT2D eigenvalue weighted by atomic mass is 10.1. The van der Waals surface area contributed by atoms with Gasteiger partial charge in [0.25, 0.3) is 0 Å². The Morgan fingerprint density at radius 2 is 1.96 bits per heavy atom. The van der Waals surface area contributed by atoms with Crippen LogP contribution in [0.1, 0.15) is 46.3 Å². The minimum absolute atomic E-state index is 0.0129. The van der Waals surface area contributed by atoms with Crippen molar-refractivity contribution in [1.29, 1.82) is 0 Å². The van der Waals surface area contributed by atoms with Gasteiger partial charge < -0.3 is 20.3 Å². The molecule has 2 unspecified atom stereocenters. The van der Waals surface area contributed by atoms with Gasteiger partial charge in [0.2, 0.25) is 5.91 Å². The summed E-state index contributed by atoms with van der Waals surface area (Å²) in [7, 11) is 0. The predicted molar refractivity (Wildman–Crippen MR) is 105 cm³/mol. The summed E-state index contributed by atoms with van der Waals surface area (Å²) in [6.07, 6.45) is -0.192. The third kappa shape index (κ3) is 6.82. The van der Waals surface area contributed by atoms with E-state index in [9.17, 15) is 9.18 Å². The number of nitrogens with zero attached hydrogens (tertiary/aromatic N) is 2. The first-order valence-electron chi connectivity index (χ1n) is 9.43. The van der Waals surface area contributed by atoms with Crippen molar-refractivity contribution in [3.05, 3.63) is 35.6 Å². The molecule has 0 saturated carbocycles. The van der Waals surface area contributed by atoms with Crippen molar-refractivity contribution in [2.24, 2.45) is 4.99 Å². The highest BCUT2D eigenvalue weighted by atomic mass is 19.1. The fourth-order valence-corrected chi connectivity index (χ4v) is 3.02. The van der Waals surface area contributed by atoms with Crippen molar-refractivity contribution in [2.75, 3.05) is 26.2 Å². The molecule has 1 aliphatic rings. The Morgan fingerprint density at radius 3 is 2.56 bits per heavy atom. The molecule has 0 spiro atoms. The number of carbonyl (C=O) groups is 1. The number of carbonyl (C=O) groups excluding carboxylic acids is 1. The highest BCUT2D eigenvalue weighted by Crippen LogP contribution is 2.25. The Kier molecular flexibility index (Phi) is 7.18. The summed E-state index contributed by atoms with van der Waals surface area (Å²) in [5.41, 5.74) is 0.640. The summed E-state index contributed by atoms with van der Waals surface area (Å²) >= 11 is 0. The van der Waals surface area contributed by atoms with E-state index in [-0.39, 0.29) is 36.0 Å². The van der Waals surface area contributed by atoms with Gasteiger partial charge in [-0.05, 0) is 52.3 Å². The van der Waals surface area contributed by atoms with Gasteiger partial charge in [0, 0.05) is 18.6 Å². The minimum atomic E-state index is -0.286.